The van der Waals surface area contributed by atoms with Crippen LogP contribution in [0, 0.1) is 23.7 Å². The van der Waals surface area contributed by atoms with Gasteiger partial charge in [0.15, 0.2) is 5.78 Å². The van der Waals surface area contributed by atoms with Crippen LogP contribution in [0.25, 0.3) is 0 Å². The number of unbranched alkanes of at least 4 members (excludes halogenated alkanes) is 1. The molecule has 1 heterocycles. The Bertz CT molecular complexity index is 616. The molecule has 1 rings (SSSR count). The number of Topliss-reactive ketones (excluding diaryl/α,β-unsaturated/α-hetero) is 1. The van der Waals surface area contributed by atoms with Crippen LogP contribution in [-0.4, -0.2) is 22.7 Å². The molecule has 2 unspecified atom stereocenters. The zero-order chi connectivity index (χ0) is 22.0. The number of nitrogens with one attached hydrogen (secondary N) is 1. The summed E-state index contributed by atoms with van der Waals surface area (Å²) < 4.78 is 0. The number of nitrogens with two attached hydrogens (primary N) is 1. The molecule has 5 heteroatoms. The smallest absolute Gasteiger partial charge is 0.224 e. The highest BCUT2D eigenvalue weighted by Crippen LogP contribution is 2.23. The van der Waals surface area contributed by atoms with Crippen molar-refractivity contribution in [1.29, 1.82) is 0 Å². The van der Waals surface area contributed by atoms with Gasteiger partial charge in [0.05, 0.1) is 11.7 Å². The zero-order valence-corrected chi connectivity index (χ0v) is 19.2. The summed E-state index contributed by atoms with van der Waals surface area (Å²) in [7, 11) is 0. The molecule has 29 heavy (non-hydrogen) atoms. The third-order valence-electron chi connectivity index (χ3n) is 5.83. The molecule has 164 valence electrons. The highest BCUT2D eigenvalue weighted by Gasteiger charge is 2.33. The van der Waals surface area contributed by atoms with E-state index in [1.54, 1.807) is 18.3 Å². The number of aromatic nitrogens is 1. The SMILES string of the molecule is CC[C@H](C)[C@H](N)C(=O)C(NC(=O)C(CCCCC(C)C)C(C)C)c1ccccn1. The summed E-state index contributed by atoms with van der Waals surface area (Å²) in [6, 6.07) is 3.97. The lowest BCUT2D eigenvalue weighted by Gasteiger charge is -2.27. The number of nitrogens with zero attached hydrogens (tertiary/aromatic N) is 1. The van der Waals surface area contributed by atoms with Gasteiger partial charge in [-0.15, -0.1) is 0 Å². The summed E-state index contributed by atoms with van der Waals surface area (Å²) in [6.45, 7) is 12.5. The maximum Gasteiger partial charge on any atom is 0.224 e. The van der Waals surface area contributed by atoms with E-state index in [1.807, 2.05) is 19.9 Å². The first kappa shape index (κ1) is 25.3. The Morgan fingerprint density at radius 2 is 1.72 bits per heavy atom. The molecule has 1 aromatic heterocycles. The first-order chi connectivity index (χ1) is 13.7. The molecule has 0 radical (unpaired) electrons. The Labute approximate surface area is 177 Å². The second-order valence-electron chi connectivity index (χ2n) is 9.04. The topological polar surface area (TPSA) is 85.1 Å². The zero-order valence-electron chi connectivity index (χ0n) is 19.2. The fourth-order valence-corrected chi connectivity index (χ4v) is 3.50. The summed E-state index contributed by atoms with van der Waals surface area (Å²) >= 11 is 0. The van der Waals surface area contributed by atoms with Gasteiger partial charge in [-0.25, -0.2) is 0 Å². The van der Waals surface area contributed by atoms with E-state index in [2.05, 4.69) is 38.0 Å². The van der Waals surface area contributed by atoms with Crippen LogP contribution >= 0.6 is 0 Å². The van der Waals surface area contributed by atoms with Crippen LogP contribution in [0.2, 0.25) is 0 Å². The number of carbonyl (C=O) groups excluding carboxylic acids is 2. The van der Waals surface area contributed by atoms with Gasteiger partial charge in [0, 0.05) is 12.1 Å². The fourth-order valence-electron chi connectivity index (χ4n) is 3.50. The first-order valence-electron chi connectivity index (χ1n) is 11.2. The van der Waals surface area contributed by atoms with E-state index in [9.17, 15) is 9.59 Å². The largest absolute Gasteiger partial charge is 0.341 e. The molecule has 0 aliphatic heterocycles. The minimum absolute atomic E-state index is 0.0440. The Hall–Kier alpha value is -1.75. The predicted octanol–water partition coefficient (Wildman–Crippen LogP) is 4.67. The van der Waals surface area contributed by atoms with Crippen molar-refractivity contribution in [3.63, 3.8) is 0 Å². The molecule has 0 bridgehead atoms. The molecule has 0 saturated heterocycles. The second-order valence-corrected chi connectivity index (χ2v) is 9.04. The van der Waals surface area contributed by atoms with Crippen LogP contribution < -0.4 is 11.1 Å². The van der Waals surface area contributed by atoms with E-state index < -0.39 is 12.1 Å². The molecule has 4 atom stereocenters. The number of pyridine rings is 1. The van der Waals surface area contributed by atoms with E-state index in [0.717, 1.165) is 25.7 Å². The van der Waals surface area contributed by atoms with Gasteiger partial charge in [0.1, 0.15) is 6.04 Å². The molecule has 3 N–H and O–H groups in total. The maximum atomic E-state index is 13.1. The Morgan fingerprint density at radius 3 is 2.24 bits per heavy atom. The number of rotatable bonds is 13. The molecule has 1 aromatic rings. The summed E-state index contributed by atoms with van der Waals surface area (Å²) in [6.07, 6.45) is 6.59. The van der Waals surface area contributed by atoms with E-state index in [-0.39, 0.29) is 29.4 Å². The third kappa shape index (κ3) is 8.25. The van der Waals surface area contributed by atoms with E-state index in [4.69, 9.17) is 5.73 Å². The fraction of sp³-hybridized carbons (Fsp3) is 0.708. The predicted molar refractivity (Wildman–Crippen MR) is 119 cm³/mol. The van der Waals surface area contributed by atoms with Crippen LogP contribution in [-0.2, 0) is 9.59 Å². The van der Waals surface area contributed by atoms with Crippen LogP contribution in [0.4, 0.5) is 0 Å². The Kier molecular flexibility index (Phi) is 11.1. The summed E-state index contributed by atoms with van der Waals surface area (Å²) in [5.74, 6) is 0.549. The monoisotopic (exact) mass is 403 g/mol. The van der Waals surface area contributed by atoms with E-state index in [0.29, 0.717) is 11.6 Å². The normalized spacial score (nSPS) is 15.8. The number of hydrogen-bond acceptors (Lipinski definition) is 4. The van der Waals surface area contributed by atoms with Gasteiger partial charge in [-0.1, -0.05) is 73.3 Å². The summed E-state index contributed by atoms with van der Waals surface area (Å²) in [5, 5.41) is 2.99. The quantitative estimate of drug-likeness (QED) is 0.469. The summed E-state index contributed by atoms with van der Waals surface area (Å²) in [5.41, 5.74) is 6.77. The average molecular weight is 404 g/mol. The van der Waals surface area contributed by atoms with Crippen molar-refractivity contribution in [2.45, 2.75) is 85.7 Å². The van der Waals surface area contributed by atoms with Gasteiger partial charge in [0.2, 0.25) is 5.91 Å². The van der Waals surface area contributed by atoms with Crippen LogP contribution in [0.1, 0.15) is 85.4 Å². The van der Waals surface area contributed by atoms with Crippen molar-refractivity contribution in [3.05, 3.63) is 30.1 Å². The van der Waals surface area contributed by atoms with Crippen molar-refractivity contribution in [1.82, 2.24) is 10.3 Å². The highest BCUT2D eigenvalue weighted by atomic mass is 16.2. The molecule has 5 nitrogen and oxygen atoms in total. The second kappa shape index (κ2) is 12.7. The standard InChI is InChI=1S/C24H41N3O2/c1-7-18(6)21(25)23(28)22(20-14-10-11-15-26-20)27-24(29)19(17(4)5)13-9-8-12-16(2)3/h10-11,14-19,21-22H,7-9,12-13,25H2,1-6H3,(H,27,29)/t18-,19?,21-,22?/m0/s1. The number of amides is 1. The minimum atomic E-state index is -0.801. The van der Waals surface area contributed by atoms with Crippen molar-refractivity contribution >= 4 is 11.7 Å². The van der Waals surface area contributed by atoms with Crippen molar-refractivity contribution < 1.29 is 9.59 Å². The molecule has 0 saturated carbocycles. The summed E-state index contributed by atoms with van der Waals surface area (Å²) in [4.78, 5) is 30.6. The molecule has 0 fully saturated rings. The van der Waals surface area contributed by atoms with Crippen LogP contribution in [0.5, 0.6) is 0 Å². The molecular weight excluding hydrogens is 362 g/mol. The molecule has 0 aliphatic carbocycles. The van der Waals surface area contributed by atoms with Crippen molar-refractivity contribution in [2.75, 3.05) is 0 Å². The molecule has 0 spiro atoms. The lowest BCUT2D eigenvalue weighted by molar-refractivity contribution is -0.132. The van der Waals surface area contributed by atoms with Gasteiger partial charge in [-0.05, 0) is 36.3 Å². The maximum absolute atomic E-state index is 13.1. The van der Waals surface area contributed by atoms with Gasteiger partial charge in [-0.3, -0.25) is 14.6 Å². The van der Waals surface area contributed by atoms with Crippen molar-refractivity contribution in [2.24, 2.45) is 29.4 Å². The van der Waals surface area contributed by atoms with Crippen LogP contribution in [0.3, 0.4) is 0 Å². The van der Waals surface area contributed by atoms with Gasteiger partial charge in [0.25, 0.3) is 0 Å². The van der Waals surface area contributed by atoms with Gasteiger partial charge >= 0.3 is 0 Å². The molecular formula is C24H41N3O2. The van der Waals surface area contributed by atoms with Gasteiger partial charge < -0.3 is 11.1 Å². The average Bonchev–Trinajstić information content (AvgIpc) is 2.70. The third-order valence-corrected chi connectivity index (χ3v) is 5.83. The number of hydrogen-bond donors (Lipinski definition) is 2. The molecule has 1 amide bonds. The minimum Gasteiger partial charge on any atom is -0.341 e. The molecule has 0 aliphatic rings. The lowest BCUT2D eigenvalue weighted by Crippen LogP contribution is -2.47. The lowest BCUT2D eigenvalue weighted by atomic mass is 9.87. The number of ketones is 1. The first-order valence-corrected chi connectivity index (χ1v) is 11.2. The Balaban J connectivity index is 2.95. The van der Waals surface area contributed by atoms with E-state index >= 15 is 0 Å². The van der Waals surface area contributed by atoms with Crippen molar-refractivity contribution in [3.8, 4) is 0 Å². The molecule has 0 aromatic carbocycles. The number of carbonyl (C=O) groups is 2. The van der Waals surface area contributed by atoms with E-state index in [1.165, 1.54) is 6.42 Å². The Morgan fingerprint density at radius 1 is 1.07 bits per heavy atom. The van der Waals surface area contributed by atoms with Crippen LogP contribution in [0.15, 0.2) is 24.4 Å². The van der Waals surface area contributed by atoms with Gasteiger partial charge in [-0.2, -0.15) is 0 Å². The highest BCUT2D eigenvalue weighted by molar-refractivity contribution is 5.93.